The van der Waals surface area contributed by atoms with E-state index in [1.165, 1.54) is 18.5 Å². The van der Waals surface area contributed by atoms with Crippen LogP contribution in [0.1, 0.15) is 5.69 Å². The van der Waals surface area contributed by atoms with Crippen molar-refractivity contribution in [2.24, 2.45) is 0 Å². The van der Waals surface area contributed by atoms with Gasteiger partial charge in [-0.25, -0.2) is 14.4 Å². The van der Waals surface area contributed by atoms with E-state index >= 15 is 0 Å². The number of rotatable bonds is 4. The van der Waals surface area contributed by atoms with Crippen molar-refractivity contribution in [2.45, 2.75) is 6.92 Å². The molecule has 0 aliphatic rings. The summed E-state index contributed by atoms with van der Waals surface area (Å²) < 4.78 is 19.0. The van der Waals surface area contributed by atoms with Crippen molar-refractivity contribution in [1.82, 2.24) is 15.0 Å². The molecule has 0 amide bonds. The highest BCUT2D eigenvalue weighted by Crippen LogP contribution is 2.33. The molecule has 0 unspecified atom stereocenters. The van der Waals surface area contributed by atoms with Crippen LogP contribution in [-0.2, 0) is 0 Å². The van der Waals surface area contributed by atoms with Gasteiger partial charge < -0.3 is 15.8 Å². The molecule has 6 nitrogen and oxygen atoms in total. The number of benzene rings is 2. The minimum atomic E-state index is -0.320. The summed E-state index contributed by atoms with van der Waals surface area (Å²) in [4.78, 5) is 12.8. The number of aromatic nitrogens is 3. The van der Waals surface area contributed by atoms with Gasteiger partial charge in [0.1, 0.15) is 23.3 Å². The normalized spacial score (nSPS) is 10.7. The molecule has 0 fully saturated rings. The van der Waals surface area contributed by atoms with E-state index in [0.29, 0.717) is 17.3 Å². The van der Waals surface area contributed by atoms with Crippen LogP contribution >= 0.6 is 0 Å². The highest BCUT2D eigenvalue weighted by molar-refractivity contribution is 5.85. The Balaban J connectivity index is 1.67. The second-order valence-corrected chi connectivity index (χ2v) is 5.96. The van der Waals surface area contributed by atoms with Crippen molar-refractivity contribution >= 4 is 28.1 Å². The third-order valence-electron chi connectivity index (χ3n) is 3.98. The molecule has 0 aliphatic heterocycles. The fourth-order valence-corrected chi connectivity index (χ4v) is 2.63. The largest absolute Gasteiger partial charge is 0.435 e. The number of nitrogens with zero attached hydrogens (tertiary/aromatic N) is 3. The molecule has 0 spiro atoms. The molecule has 4 aromatic rings. The third kappa shape index (κ3) is 3.48. The molecule has 0 saturated heterocycles. The van der Waals surface area contributed by atoms with Crippen molar-refractivity contribution in [3.05, 3.63) is 72.4 Å². The van der Waals surface area contributed by atoms with E-state index < -0.39 is 0 Å². The van der Waals surface area contributed by atoms with Crippen LogP contribution in [0.15, 0.2) is 60.9 Å². The summed E-state index contributed by atoms with van der Waals surface area (Å²) in [7, 11) is 0. The Hall–Kier alpha value is -3.74. The van der Waals surface area contributed by atoms with Crippen LogP contribution in [0.2, 0.25) is 0 Å². The zero-order valence-electron chi connectivity index (χ0n) is 14.5. The highest BCUT2D eigenvalue weighted by atomic mass is 19.1. The summed E-state index contributed by atoms with van der Waals surface area (Å²) in [6.45, 7) is 1.92. The molecule has 2 aromatic carbocycles. The molecule has 27 heavy (non-hydrogen) atoms. The lowest BCUT2D eigenvalue weighted by atomic mass is 10.2. The number of nitrogens with two attached hydrogens (primary N) is 1. The van der Waals surface area contributed by atoms with Gasteiger partial charge in [-0.05, 0) is 43.3 Å². The Morgan fingerprint density at radius 1 is 1.00 bits per heavy atom. The van der Waals surface area contributed by atoms with E-state index in [1.54, 1.807) is 12.1 Å². The fraction of sp³-hybridized carbons (Fsp3) is 0.0500. The maximum atomic E-state index is 13.1. The first-order chi connectivity index (χ1) is 13.1. The number of hydrogen-bond acceptors (Lipinski definition) is 6. The molecule has 0 aliphatic carbocycles. The van der Waals surface area contributed by atoms with Gasteiger partial charge in [0, 0.05) is 16.8 Å². The van der Waals surface area contributed by atoms with Gasteiger partial charge in [0.05, 0.1) is 0 Å². The van der Waals surface area contributed by atoms with Crippen LogP contribution in [0.4, 0.5) is 21.6 Å². The molecule has 3 N–H and O–H groups in total. The number of nitrogen functional groups attached to an aromatic ring is 1. The topological polar surface area (TPSA) is 86.0 Å². The molecule has 2 aromatic heterocycles. The average molecular weight is 361 g/mol. The predicted octanol–water partition coefficient (Wildman–Crippen LogP) is 4.59. The molecule has 4 rings (SSSR count). The zero-order chi connectivity index (χ0) is 18.8. The van der Waals surface area contributed by atoms with Crippen molar-refractivity contribution in [3.8, 4) is 11.6 Å². The quantitative estimate of drug-likeness (QED) is 0.553. The van der Waals surface area contributed by atoms with Gasteiger partial charge in [0.2, 0.25) is 5.88 Å². The summed E-state index contributed by atoms with van der Waals surface area (Å²) in [6.07, 6.45) is 1.35. The number of fused-ring (bicyclic) bond motifs is 1. The van der Waals surface area contributed by atoms with Crippen molar-refractivity contribution in [1.29, 1.82) is 0 Å². The predicted molar refractivity (Wildman–Crippen MR) is 103 cm³/mol. The SMILES string of the molecule is Cc1ccc2cccc(Oc3ncnc(Nc4ccc(F)cc4)c3N)c2n1. The Labute approximate surface area is 154 Å². The van der Waals surface area contributed by atoms with Crippen LogP contribution in [0.3, 0.4) is 0 Å². The Kier molecular flexibility index (Phi) is 4.25. The van der Waals surface area contributed by atoms with Crippen molar-refractivity contribution in [2.75, 3.05) is 11.1 Å². The Morgan fingerprint density at radius 3 is 2.63 bits per heavy atom. The van der Waals surface area contributed by atoms with E-state index in [-0.39, 0.29) is 17.4 Å². The van der Waals surface area contributed by atoms with E-state index in [0.717, 1.165) is 16.6 Å². The lowest BCUT2D eigenvalue weighted by molar-refractivity contribution is 0.469. The maximum Gasteiger partial charge on any atom is 0.248 e. The first-order valence-corrected chi connectivity index (χ1v) is 8.27. The van der Waals surface area contributed by atoms with E-state index in [1.807, 2.05) is 37.3 Å². The molecule has 134 valence electrons. The number of anilines is 3. The number of nitrogens with one attached hydrogen (secondary N) is 1. The Morgan fingerprint density at radius 2 is 1.81 bits per heavy atom. The van der Waals surface area contributed by atoms with Crippen LogP contribution < -0.4 is 15.8 Å². The number of pyridine rings is 1. The van der Waals surface area contributed by atoms with Gasteiger partial charge in [-0.15, -0.1) is 0 Å². The molecule has 0 saturated carbocycles. The second-order valence-electron chi connectivity index (χ2n) is 5.96. The summed E-state index contributed by atoms with van der Waals surface area (Å²) in [5.74, 6) is 0.815. The van der Waals surface area contributed by atoms with E-state index in [2.05, 4.69) is 20.3 Å². The van der Waals surface area contributed by atoms with Crippen LogP contribution in [0.5, 0.6) is 11.6 Å². The monoisotopic (exact) mass is 361 g/mol. The molecule has 7 heteroatoms. The van der Waals surface area contributed by atoms with E-state index in [9.17, 15) is 4.39 Å². The van der Waals surface area contributed by atoms with Gasteiger partial charge in [-0.3, -0.25) is 0 Å². The number of hydrogen-bond donors (Lipinski definition) is 2. The lowest BCUT2D eigenvalue weighted by Gasteiger charge is -2.13. The number of aryl methyl sites for hydroxylation is 1. The molecule has 0 bridgehead atoms. The van der Waals surface area contributed by atoms with Gasteiger partial charge >= 0.3 is 0 Å². The minimum absolute atomic E-state index is 0.213. The zero-order valence-corrected chi connectivity index (χ0v) is 14.5. The van der Waals surface area contributed by atoms with Crippen molar-refractivity contribution in [3.63, 3.8) is 0 Å². The van der Waals surface area contributed by atoms with Gasteiger partial charge in [0.25, 0.3) is 0 Å². The smallest absolute Gasteiger partial charge is 0.248 e. The fourth-order valence-electron chi connectivity index (χ4n) is 2.63. The highest BCUT2D eigenvalue weighted by Gasteiger charge is 2.13. The second kappa shape index (κ2) is 6.87. The first kappa shape index (κ1) is 16.7. The lowest BCUT2D eigenvalue weighted by Crippen LogP contribution is -2.03. The molecular formula is C20H16FN5O. The Bertz CT molecular complexity index is 1120. The third-order valence-corrected chi connectivity index (χ3v) is 3.98. The van der Waals surface area contributed by atoms with Crippen LogP contribution in [0, 0.1) is 12.7 Å². The number of halogens is 1. The minimum Gasteiger partial charge on any atom is -0.435 e. The summed E-state index contributed by atoms with van der Waals surface area (Å²) in [5, 5.41) is 3.99. The van der Waals surface area contributed by atoms with Gasteiger partial charge in [-0.2, -0.15) is 4.98 Å². The van der Waals surface area contributed by atoms with Gasteiger partial charge in [-0.1, -0.05) is 18.2 Å². The first-order valence-electron chi connectivity index (χ1n) is 8.27. The van der Waals surface area contributed by atoms with Crippen LogP contribution in [-0.4, -0.2) is 15.0 Å². The molecular weight excluding hydrogens is 345 g/mol. The summed E-state index contributed by atoms with van der Waals surface area (Å²) in [6, 6.07) is 15.4. The summed E-state index contributed by atoms with van der Waals surface area (Å²) in [5.41, 5.74) is 8.67. The number of para-hydroxylation sites is 1. The number of ether oxygens (including phenoxy) is 1. The molecule has 0 radical (unpaired) electrons. The van der Waals surface area contributed by atoms with E-state index in [4.69, 9.17) is 10.5 Å². The average Bonchev–Trinajstić information content (AvgIpc) is 2.67. The summed E-state index contributed by atoms with van der Waals surface area (Å²) >= 11 is 0. The van der Waals surface area contributed by atoms with Crippen molar-refractivity contribution < 1.29 is 9.13 Å². The standard InChI is InChI=1S/C20H16FN5O/c1-12-5-6-13-3-2-4-16(18(13)25-12)27-20-17(22)19(23-11-24-20)26-15-9-7-14(21)8-10-15/h2-11H,22H2,1H3,(H,23,24,26). The van der Waals surface area contributed by atoms with Crippen LogP contribution in [0.25, 0.3) is 10.9 Å². The maximum absolute atomic E-state index is 13.1. The van der Waals surface area contributed by atoms with Gasteiger partial charge in [0.15, 0.2) is 11.6 Å². The molecule has 2 heterocycles. The molecule has 0 atom stereocenters.